The van der Waals surface area contributed by atoms with Crippen molar-refractivity contribution in [3.05, 3.63) is 31.5 Å². The lowest BCUT2D eigenvalue weighted by Crippen LogP contribution is -2.66. The molecule has 0 saturated carbocycles. The number of piperidine rings is 3. The monoisotopic (exact) mass is 889 g/mol. The number of esters is 3. The number of ether oxygens (including phenoxy) is 3. The summed E-state index contributed by atoms with van der Waals surface area (Å²) < 4.78 is 20.8. The summed E-state index contributed by atoms with van der Waals surface area (Å²) in [4.78, 5) is 82.9. The number of hydrogen-bond donors (Lipinski definition) is 3. The fourth-order valence-electron chi connectivity index (χ4n) is 10.6. The van der Waals surface area contributed by atoms with Crippen LogP contribution in [0.4, 0.5) is 0 Å². The van der Waals surface area contributed by atoms with Crippen molar-refractivity contribution in [3.63, 3.8) is 0 Å². The first-order valence-corrected chi connectivity index (χ1v) is 24.1. The van der Waals surface area contributed by atoms with E-state index in [0.29, 0.717) is 19.3 Å². The van der Waals surface area contributed by atoms with Gasteiger partial charge in [-0.15, -0.1) is 0 Å². The Bertz CT molecular complexity index is 1730. The fraction of sp³-hybridized carbons (Fsp3) is 0.875. The molecule has 3 saturated heterocycles. The second-order valence-electron chi connectivity index (χ2n) is 21.0. The lowest BCUT2D eigenvalue weighted by molar-refractivity contribution is -0.160. The van der Waals surface area contributed by atoms with E-state index >= 15 is 0 Å². The van der Waals surface area contributed by atoms with Gasteiger partial charge in [-0.3, -0.25) is 14.4 Å². The van der Waals surface area contributed by atoms with Crippen LogP contribution >= 0.6 is 0 Å². The van der Waals surface area contributed by atoms with Gasteiger partial charge in [-0.05, 0) is 80.1 Å². The Labute approximate surface area is 376 Å². The maximum absolute atomic E-state index is 14.1. The van der Waals surface area contributed by atoms with E-state index in [1.807, 2.05) is 0 Å². The van der Waals surface area contributed by atoms with Crippen molar-refractivity contribution in [2.75, 3.05) is 0 Å². The van der Waals surface area contributed by atoms with Crippen LogP contribution in [0.2, 0.25) is 0 Å². The Morgan fingerprint density at radius 3 is 0.873 bits per heavy atom. The van der Waals surface area contributed by atoms with E-state index < -0.39 is 53.3 Å². The third kappa shape index (κ3) is 11.4. The summed E-state index contributed by atoms with van der Waals surface area (Å²) in [7, 11) is 0. The summed E-state index contributed by atoms with van der Waals surface area (Å²) in [5.74, 6) is -1.74. The molecule has 0 bridgehead atoms. The molecular weight excluding hydrogens is 805 g/mol. The zero-order chi connectivity index (χ0) is 47.5. The van der Waals surface area contributed by atoms with E-state index in [1.165, 1.54) is 0 Å². The predicted molar refractivity (Wildman–Crippen MR) is 246 cm³/mol. The second kappa shape index (κ2) is 20.1. The molecule has 3 fully saturated rings. The van der Waals surface area contributed by atoms with Crippen LogP contribution in [0.25, 0.3) is 0 Å². The van der Waals surface area contributed by atoms with Gasteiger partial charge >= 0.3 is 35.0 Å². The Morgan fingerprint density at radius 2 is 0.683 bits per heavy atom. The lowest BCUT2D eigenvalue weighted by Gasteiger charge is -2.52. The van der Waals surface area contributed by atoms with Crippen molar-refractivity contribution < 1.29 is 28.6 Å². The third-order valence-electron chi connectivity index (χ3n) is 16.8. The van der Waals surface area contributed by atoms with Crippen molar-refractivity contribution in [1.82, 2.24) is 29.7 Å². The van der Waals surface area contributed by atoms with Gasteiger partial charge in [-0.1, -0.05) is 62.3 Å². The van der Waals surface area contributed by atoms with Crippen LogP contribution in [0.3, 0.4) is 0 Å². The lowest BCUT2D eigenvalue weighted by atomic mass is 9.70. The third-order valence-corrected chi connectivity index (χ3v) is 16.8. The maximum Gasteiger partial charge on any atom is 0.336 e. The second-order valence-corrected chi connectivity index (χ2v) is 21.0. The van der Waals surface area contributed by atoms with E-state index in [9.17, 15) is 28.8 Å². The van der Waals surface area contributed by atoms with Crippen LogP contribution in [0.5, 0.6) is 0 Å². The first-order valence-electron chi connectivity index (χ1n) is 24.1. The molecule has 0 radical (unpaired) electrons. The Morgan fingerprint density at radius 1 is 0.460 bits per heavy atom. The van der Waals surface area contributed by atoms with Crippen LogP contribution in [-0.4, -0.2) is 83.2 Å². The topological polar surface area (TPSA) is 181 Å². The molecule has 0 aromatic carbocycles. The van der Waals surface area contributed by atoms with Crippen molar-refractivity contribution in [3.8, 4) is 0 Å². The number of carbonyl (C=O) groups excluding carboxylic acids is 3. The minimum absolute atomic E-state index is 0.00830. The van der Waals surface area contributed by atoms with Gasteiger partial charge in [0.2, 0.25) is 0 Å². The number of hydrogen-bond acceptors (Lipinski definition) is 12. The van der Waals surface area contributed by atoms with Crippen molar-refractivity contribution in [1.29, 1.82) is 0 Å². The summed E-state index contributed by atoms with van der Waals surface area (Å²) in [5, 5.41) is 11.3. The zero-order valence-electron chi connectivity index (χ0n) is 41.6. The quantitative estimate of drug-likeness (QED) is 0.116. The number of nitrogens with zero attached hydrogens (tertiary/aromatic N) is 3. The number of carbonyl (C=O) groups is 3. The molecule has 12 atom stereocenters. The van der Waals surface area contributed by atoms with Gasteiger partial charge in [0, 0.05) is 89.9 Å². The minimum Gasteiger partial charge on any atom is -0.462 e. The Kier molecular flexibility index (Phi) is 16.7. The summed E-state index contributed by atoms with van der Waals surface area (Å²) in [5.41, 5.74) is -4.43. The van der Waals surface area contributed by atoms with Crippen molar-refractivity contribution in [2.24, 2.45) is 17.8 Å². The molecule has 15 nitrogen and oxygen atoms in total. The van der Waals surface area contributed by atoms with Crippen LogP contribution in [0, 0.1) is 17.8 Å². The number of nitrogens with one attached hydrogen (secondary N) is 3. The minimum atomic E-state index is -0.953. The largest absolute Gasteiger partial charge is 0.462 e. The van der Waals surface area contributed by atoms with E-state index in [2.05, 4.69) is 120 Å². The highest BCUT2D eigenvalue weighted by molar-refractivity contribution is 5.70. The molecule has 3 N–H and O–H groups in total. The van der Waals surface area contributed by atoms with Gasteiger partial charge in [0.05, 0.1) is 19.3 Å². The van der Waals surface area contributed by atoms with Gasteiger partial charge in [-0.2, -0.15) is 0 Å². The molecule has 4 heterocycles. The van der Waals surface area contributed by atoms with Crippen LogP contribution < -0.4 is 33.0 Å². The molecule has 4 rings (SSSR count). The first-order chi connectivity index (χ1) is 29.2. The molecule has 15 heteroatoms. The van der Waals surface area contributed by atoms with Crippen molar-refractivity contribution in [2.45, 2.75) is 252 Å². The van der Waals surface area contributed by atoms with Gasteiger partial charge in [-0.25, -0.2) is 28.1 Å². The predicted octanol–water partition coefficient (Wildman–Crippen LogP) is 5.98. The normalized spacial score (nSPS) is 37.0. The van der Waals surface area contributed by atoms with Gasteiger partial charge in [0.1, 0.15) is 18.3 Å². The average Bonchev–Trinajstić information content (AvgIpc) is 3.23. The molecule has 1 aromatic heterocycles. The summed E-state index contributed by atoms with van der Waals surface area (Å²) in [6, 6.07) is 0. The van der Waals surface area contributed by atoms with E-state index in [-0.39, 0.29) is 89.9 Å². The number of rotatable bonds is 18. The number of aromatic nitrogens is 3. The molecule has 1 aromatic rings. The molecular formula is C48H84N6O9. The zero-order valence-corrected chi connectivity index (χ0v) is 41.6. The highest BCUT2D eigenvalue weighted by Crippen LogP contribution is 2.41. The fourth-order valence-corrected chi connectivity index (χ4v) is 10.6. The molecule has 3 aliphatic heterocycles. The first kappa shape index (κ1) is 52.3. The van der Waals surface area contributed by atoms with Crippen LogP contribution in [0.15, 0.2) is 14.4 Å². The molecule has 0 spiro atoms. The van der Waals surface area contributed by atoms with Gasteiger partial charge < -0.3 is 30.2 Å². The standard InChI is InChI=1S/C48H84N6O9/c1-16-43(10)28-34(31(7)46(13,19-4)49-43)61-37(55)22-25-52-40(58)53(26-23-38(56)62-35-29-44(11,17-2)50-47(14,20-5)32(35)8)42(60)54(41(52)59)27-24-39(57)63-36-30-45(12,18-3)51-48(15,21-6)33(36)9/h31-36,49-51H,16-30H2,1-15H3. The highest BCUT2D eigenvalue weighted by atomic mass is 16.6. The van der Waals surface area contributed by atoms with Gasteiger partial charge in [0.25, 0.3) is 0 Å². The molecule has 63 heavy (non-hydrogen) atoms. The summed E-state index contributed by atoms with van der Waals surface area (Å²) >= 11 is 0. The molecule has 0 aliphatic carbocycles. The van der Waals surface area contributed by atoms with E-state index in [0.717, 1.165) is 52.2 Å². The highest BCUT2D eigenvalue weighted by Gasteiger charge is 2.50. The maximum atomic E-state index is 14.1. The van der Waals surface area contributed by atoms with E-state index in [4.69, 9.17) is 14.2 Å². The SMILES string of the molecule is CCC1(C)CC(OC(=O)CCn2c(=O)n(CCC(=O)OC3CC(C)(CC)NC(C)(CC)C3C)c(=O)n(CCC(=O)OC3CC(C)(CC)NC(C)(CC)C3C)c2=O)C(C)C(C)(CC)N1. The van der Waals surface area contributed by atoms with Crippen molar-refractivity contribution >= 4 is 17.9 Å². The molecule has 0 amide bonds. The van der Waals surface area contributed by atoms with Crippen LogP contribution in [0.1, 0.15) is 181 Å². The average molecular weight is 889 g/mol. The van der Waals surface area contributed by atoms with Crippen LogP contribution in [-0.2, 0) is 48.2 Å². The summed E-state index contributed by atoms with van der Waals surface area (Å²) in [6.45, 7) is 30.5. The van der Waals surface area contributed by atoms with E-state index in [1.54, 1.807) is 0 Å². The molecule has 3 aliphatic rings. The van der Waals surface area contributed by atoms with Gasteiger partial charge in [0.15, 0.2) is 0 Å². The molecule has 360 valence electrons. The summed E-state index contributed by atoms with van der Waals surface area (Å²) in [6.07, 6.45) is 4.70. The smallest absolute Gasteiger partial charge is 0.336 e. The Hall–Kier alpha value is -3.30. The Balaban J connectivity index is 1.61. The molecule has 12 unspecified atom stereocenters.